The maximum Gasteiger partial charge on any atom is 0.308 e. The van der Waals surface area contributed by atoms with E-state index >= 15 is 0 Å². The van der Waals surface area contributed by atoms with Crippen LogP contribution in [0.25, 0.3) is 0 Å². The lowest BCUT2D eigenvalue weighted by molar-refractivity contribution is -0.147. The van der Waals surface area contributed by atoms with E-state index in [1.165, 1.54) is 6.92 Å². The average molecular weight is 282 g/mol. The zero-order valence-electron chi connectivity index (χ0n) is 11.9. The average Bonchev–Trinajstić information content (AvgIpc) is 2.46. The Morgan fingerprint density at radius 3 is 2.10 bits per heavy atom. The molecule has 0 bridgehead atoms. The van der Waals surface area contributed by atoms with Crippen LogP contribution in [-0.2, 0) is 14.4 Å². The van der Waals surface area contributed by atoms with E-state index in [4.69, 9.17) is 5.11 Å². The number of carbonyl (C=O) groups is 3. The van der Waals surface area contributed by atoms with Gasteiger partial charge in [-0.1, -0.05) is 0 Å². The van der Waals surface area contributed by atoms with Gasteiger partial charge in [0.1, 0.15) is 0 Å². The molecule has 2 atom stereocenters. The van der Waals surface area contributed by atoms with Crippen molar-refractivity contribution in [3.05, 3.63) is 0 Å². The molecule has 2 heterocycles. The number of hydrogen-bond acceptors (Lipinski definition) is 3. The molecule has 0 aromatic carbocycles. The van der Waals surface area contributed by atoms with Gasteiger partial charge >= 0.3 is 5.97 Å². The van der Waals surface area contributed by atoms with E-state index in [1.807, 2.05) is 0 Å². The third-order valence-electron chi connectivity index (χ3n) is 4.30. The zero-order chi connectivity index (χ0) is 14.7. The molecular formula is C14H22N2O4. The number of aliphatic carboxylic acids is 1. The van der Waals surface area contributed by atoms with Gasteiger partial charge in [-0.25, -0.2) is 0 Å². The summed E-state index contributed by atoms with van der Waals surface area (Å²) in [5, 5.41) is 9.07. The Morgan fingerprint density at radius 2 is 1.50 bits per heavy atom. The first-order chi connectivity index (χ1) is 9.49. The first-order valence-electron chi connectivity index (χ1n) is 7.26. The molecule has 6 nitrogen and oxygen atoms in total. The Bertz CT molecular complexity index is 374. The number of hydrogen-bond donors (Lipinski definition) is 1. The van der Waals surface area contributed by atoms with Crippen LogP contribution in [-0.4, -0.2) is 58.9 Å². The number of amides is 2. The summed E-state index contributed by atoms with van der Waals surface area (Å²) < 4.78 is 0. The summed E-state index contributed by atoms with van der Waals surface area (Å²) in [6.07, 6.45) is 3.01. The minimum atomic E-state index is -0.823. The number of carboxylic acid groups (broad SMARTS) is 1. The molecule has 0 aliphatic carbocycles. The van der Waals surface area contributed by atoms with Gasteiger partial charge in [0, 0.05) is 33.1 Å². The van der Waals surface area contributed by atoms with Crippen LogP contribution in [0.1, 0.15) is 32.6 Å². The molecule has 2 fully saturated rings. The lowest BCUT2D eigenvalue weighted by Crippen LogP contribution is -2.49. The molecule has 0 saturated carbocycles. The highest BCUT2D eigenvalue weighted by atomic mass is 16.4. The van der Waals surface area contributed by atoms with Crippen molar-refractivity contribution in [2.24, 2.45) is 11.8 Å². The van der Waals surface area contributed by atoms with Crippen LogP contribution in [0.3, 0.4) is 0 Å². The van der Waals surface area contributed by atoms with Gasteiger partial charge in [0.25, 0.3) is 0 Å². The van der Waals surface area contributed by atoms with E-state index in [0.29, 0.717) is 26.1 Å². The van der Waals surface area contributed by atoms with Gasteiger partial charge in [0.05, 0.1) is 11.8 Å². The molecule has 0 aromatic heterocycles. The van der Waals surface area contributed by atoms with E-state index in [9.17, 15) is 14.4 Å². The molecule has 0 spiro atoms. The SMILES string of the molecule is CC(=O)N1CCC[C@@H](C(=O)N2CCC[C@@H](C(=O)O)C2)C1. The Labute approximate surface area is 118 Å². The molecule has 2 aliphatic rings. The van der Waals surface area contributed by atoms with Crippen molar-refractivity contribution in [2.75, 3.05) is 26.2 Å². The molecule has 0 radical (unpaired) electrons. The fourth-order valence-corrected chi connectivity index (χ4v) is 3.10. The Kier molecular flexibility index (Phi) is 4.62. The topological polar surface area (TPSA) is 77.9 Å². The highest BCUT2D eigenvalue weighted by Gasteiger charge is 2.34. The normalized spacial score (nSPS) is 27.2. The van der Waals surface area contributed by atoms with Crippen molar-refractivity contribution in [3.63, 3.8) is 0 Å². The fraction of sp³-hybridized carbons (Fsp3) is 0.786. The first-order valence-corrected chi connectivity index (χ1v) is 7.26. The summed E-state index contributed by atoms with van der Waals surface area (Å²) in [5.74, 6) is -1.41. The summed E-state index contributed by atoms with van der Waals surface area (Å²) in [5.41, 5.74) is 0. The second kappa shape index (κ2) is 6.24. The summed E-state index contributed by atoms with van der Waals surface area (Å²) in [7, 11) is 0. The van der Waals surface area contributed by atoms with Gasteiger partial charge < -0.3 is 14.9 Å². The smallest absolute Gasteiger partial charge is 0.308 e. The molecule has 20 heavy (non-hydrogen) atoms. The van der Waals surface area contributed by atoms with E-state index in [-0.39, 0.29) is 17.7 Å². The van der Waals surface area contributed by atoms with Crippen molar-refractivity contribution < 1.29 is 19.5 Å². The Morgan fingerprint density at radius 1 is 0.950 bits per heavy atom. The van der Waals surface area contributed by atoms with Crippen LogP contribution in [0, 0.1) is 11.8 Å². The first kappa shape index (κ1) is 14.8. The molecule has 0 aromatic rings. The number of carbonyl (C=O) groups excluding carboxylic acids is 2. The summed E-state index contributed by atoms with van der Waals surface area (Å²) in [6, 6.07) is 0. The monoisotopic (exact) mass is 282 g/mol. The van der Waals surface area contributed by atoms with E-state index in [2.05, 4.69) is 0 Å². The van der Waals surface area contributed by atoms with Crippen LogP contribution in [0.5, 0.6) is 0 Å². The molecule has 112 valence electrons. The van der Waals surface area contributed by atoms with Crippen LogP contribution in [0.2, 0.25) is 0 Å². The predicted molar refractivity (Wildman–Crippen MR) is 71.9 cm³/mol. The second-order valence-electron chi connectivity index (χ2n) is 5.77. The third-order valence-corrected chi connectivity index (χ3v) is 4.30. The van der Waals surface area contributed by atoms with Gasteiger partial charge in [-0.3, -0.25) is 14.4 Å². The van der Waals surface area contributed by atoms with Crippen molar-refractivity contribution >= 4 is 17.8 Å². The minimum absolute atomic E-state index is 0.00422. The van der Waals surface area contributed by atoms with E-state index < -0.39 is 11.9 Å². The molecular weight excluding hydrogens is 260 g/mol. The maximum atomic E-state index is 12.5. The molecule has 0 unspecified atom stereocenters. The van der Waals surface area contributed by atoms with Gasteiger partial charge in [-0.05, 0) is 25.7 Å². The van der Waals surface area contributed by atoms with Crippen LogP contribution < -0.4 is 0 Å². The summed E-state index contributed by atoms with van der Waals surface area (Å²) in [4.78, 5) is 38.3. The lowest BCUT2D eigenvalue weighted by Gasteiger charge is -2.37. The summed E-state index contributed by atoms with van der Waals surface area (Å²) in [6.45, 7) is 3.66. The van der Waals surface area contributed by atoms with Crippen molar-refractivity contribution in [2.45, 2.75) is 32.6 Å². The largest absolute Gasteiger partial charge is 0.481 e. The van der Waals surface area contributed by atoms with Crippen molar-refractivity contribution in [1.82, 2.24) is 9.80 Å². The highest BCUT2D eigenvalue weighted by molar-refractivity contribution is 5.81. The molecule has 2 aliphatic heterocycles. The molecule has 1 N–H and O–H groups in total. The van der Waals surface area contributed by atoms with Gasteiger partial charge in [0.2, 0.25) is 11.8 Å². The number of rotatable bonds is 2. The van der Waals surface area contributed by atoms with Gasteiger partial charge in [0.15, 0.2) is 0 Å². The van der Waals surface area contributed by atoms with Crippen molar-refractivity contribution in [1.29, 1.82) is 0 Å². The lowest BCUT2D eigenvalue weighted by atomic mass is 9.93. The highest BCUT2D eigenvalue weighted by Crippen LogP contribution is 2.23. The van der Waals surface area contributed by atoms with Crippen LogP contribution in [0.4, 0.5) is 0 Å². The minimum Gasteiger partial charge on any atom is -0.481 e. The quantitative estimate of drug-likeness (QED) is 0.803. The molecule has 6 heteroatoms. The third kappa shape index (κ3) is 3.29. The van der Waals surface area contributed by atoms with E-state index in [0.717, 1.165) is 25.8 Å². The Hall–Kier alpha value is -1.59. The maximum absolute atomic E-state index is 12.5. The number of nitrogens with zero attached hydrogens (tertiary/aromatic N) is 2. The van der Waals surface area contributed by atoms with E-state index in [1.54, 1.807) is 9.80 Å². The second-order valence-corrected chi connectivity index (χ2v) is 5.77. The molecule has 2 saturated heterocycles. The van der Waals surface area contributed by atoms with Crippen LogP contribution in [0.15, 0.2) is 0 Å². The Balaban J connectivity index is 1.96. The molecule has 2 rings (SSSR count). The van der Waals surface area contributed by atoms with Crippen LogP contribution >= 0.6 is 0 Å². The predicted octanol–water partition coefficient (Wildman–Crippen LogP) is 0.568. The number of piperidine rings is 2. The number of likely N-dealkylation sites (tertiary alicyclic amines) is 2. The molecule has 2 amide bonds. The van der Waals surface area contributed by atoms with Gasteiger partial charge in [-0.2, -0.15) is 0 Å². The van der Waals surface area contributed by atoms with Gasteiger partial charge in [-0.15, -0.1) is 0 Å². The van der Waals surface area contributed by atoms with Crippen molar-refractivity contribution in [3.8, 4) is 0 Å². The fourth-order valence-electron chi connectivity index (χ4n) is 3.10. The summed E-state index contributed by atoms with van der Waals surface area (Å²) >= 11 is 0. The standard InChI is InChI=1S/C14H22N2O4/c1-10(17)15-6-2-4-11(8-15)13(18)16-7-3-5-12(9-16)14(19)20/h11-12H,2-9H2,1H3,(H,19,20)/t11-,12-/m1/s1. The number of carboxylic acids is 1. The zero-order valence-corrected chi connectivity index (χ0v) is 11.9.